The van der Waals surface area contributed by atoms with Crippen LogP contribution in [0.1, 0.15) is 62.2 Å². The number of rotatable bonds is 7. The molecule has 0 atom stereocenters. The highest BCUT2D eigenvalue weighted by Gasteiger charge is 2.45. The molecule has 1 aromatic carbocycles. The Kier molecular flexibility index (Phi) is 6.97. The lowest BCUT2D eigenvalue weighted by Crippen LogP contribution is -2.63. The van der Waals surface area contributed by atoms with Crippen LogP contribution in [0.3, 0.4) is 0 Å². The summed E-state index contributed by atoms with van der Waals surface area (Å²) in [4.78, 5) is 40.4. The van der Waals surface area contributed by atoms with Crippen LogP contribution in [0.15, 0.2) is 18.2 Å². The Labute approximate surface area is 177 Å². The minimum Gasteiger partial charge on any atom is -0.478 e. The highest BCUT2D eigenvalue weighted by molar-refractivity contribution is 6.01. The third-order valence-electron chi connectivity index (χ3n) is 6.36. The number of nitrogens with two attached hydrogens (primary N) is 1. The van der Waals surface area contributed by atoms with Gasteiger partial charge in [0, 0.05) is 25.2 Å². The van der Waals surface area contributed by atoms with Gasteiger partial charge >= 0.3 is 5.97 Å². The third-order valence-corrected chi connectivity index (χ3v) is 6.36. The molecule has 0 saturated carbocycles. The smallest absolute Gasteiger partial charge is 0.337 e. The number of likely N-dealkylation sites (tertiary alicyclic amines) is 1. The van der Waals surface area contributed by atoms with Crippen molar-refractivity contribution in [3.8, 4) is 0 Å². The van der Waals surface area contributed by atoms with Crippen molar-refractivity contribution in [3.63, 3.8) is 0 Å². The van der Waals surface area contributed by atoms with E-state index in [1.54, 1.807) is 12.1 Å². The Hall–Kier alpha value is -2.61. The van der Waals surface area contributed by atoms with Crippen LogP contribution in [-0.2, 0) is 9.59 Å². The molecule has 2 fully saturated rings. The van der Waals surface area contributed by atoms with Gasteiger partial charge in [-0.15, -0.1) is 0 Å². The Morgan fingerprint density at radius 2 is 1.77 bits per heavy atom. The number of carbonyl (C=O) groups is 3. The molecular weight excluding hydrogens is 384 g/mol. The number of hydrogen-bond acceptors (Lipinski definition) is 5. The van der Waals surface area contributed by atoms with Gasteiger partial charge in [0.15, 0.2) is 0 Å². The van der Waals surface area contributed by atoms with Crippen LogP contribution in [0.25, 0.3) is 0 Å². The molecule has 2 saturated heterocycles. The number of benzene rings is 1. The second-order valence-electron chi connectivity index (χ2n) is 8.26. The maximum atomic E-state index is 12.4. The van der Waals surface area contributed by atoms with E-state index in [4.69, 9.17) is 5.73 Å². The number of hydrogen-bond donors (Lipinski definition) is 3. The minimum absolute atomic E-state index is 0.0692. The van der Waals surface area contributed by atoms with Crippen LogP contribution in [-0.4, -0.2) is 59.5 Å². The summed E-state index contributed by atoms with van der Waals surface area (Å²) < 4.78 is 0. The van der Waals surface area contributed by atoms with Gasteiger partial charge in [0.2, 0.25) is 11.8 Å². The van der Waals surface area contributed by atoms with E-state index in [0.717, 1.165) is 31.6 Å². The number of piperidine rings is 2. The van der Waals surface area contributed by atoms with Gasteiger partial charge < -0.3 is 21.1 Å². The summed E-state index contributed by atoms with van der Waals surface area (Å²) in [5, 5.41) is 12.3. The second-order valence-corrected chi connectivity index (χ2v) is 8.26. The summed E-state index contributed by atoms with van der Waals surface area (Å²) >= 11 is 0. The Morgan fingerprint density at radius 3 is 2.33 bits per heavy atom. The van der Waals surface area contributed by atoms with Gasteiger partial charge in [-0.2, -0.15) is 0 Å². The normalized spacial score (nSPS) is 19.3. The van der Waals surface area contributed by atoms with Crippen LogP contribution in [0.2, 0.25) is 0 Å². The number of amides is 2. The number of aromatic carboxylic acids is 1. The van der Waals surface area contributed by atoms with Crippen molar-refractivity contribution in [2.75, 3.05) is 36.4 Å². The zero-order valence-electron chi connectivity index (χ0n) is 17.7. The number of carboxylic acids is 1. The lowest BCUT2D eigenvalue weighted by atomic mass is 9.83. The van der Waals surface area contributed by atoms with E-state index in [2.05, 4.69) is 15.1 Å². The van der Waals surface area contributed by atoms with Crippen LogP contribution >= 0.6 is 0 Å². The second kappa shape index (κ2) is 9.47. The number of carboxylic acid groups (broad SMARTS) is 1. The van der Waals surface area contributed by atoms with Crippen LogP contribution < -0.4 is 16.0 Å². The van der Waals surface area contributed by atoms with Crippen molar-refractivity contribution in [3.05, 3.63) is 23.8 Å². The summed E-state index contributed by atoms with van der Waals surface area (Å²) in [7, 11) is 0. The van der Waals surface area contributed by atoms with E-state index < -0.39 is 11.5 Å². The van der Waals surface area contributed by atoms with Crippen molar-refractivity contribution in [1.29, 1.82) is 0 Å². The largest absolute Gasteiger partial charge is 0.478 e. The van der Waals surface area contributed by atoms with E-state index >= 15 is 0 Å². The minimum atomic E-state index is -1.08. The van der Waals surface area contributed by atoms with Gasteiger partial charge in [-0.3, -0.25) is 14.5 Å². The molecule has 4 N–H and O–H groups in total. The first-order valence-electron chi connectivity index (χ1n) is 10.8. The molecule has 0 spiro atoms. The van der Waals surface area contributed by atoms with E-state index in [9.17, 15) is 19.5 Å². The molecule has 2 amide bonds. The average molecular weight is 417 g/mol. The Morgan fingerprint density at radius 1 is 1.10 bits per heavy atom. The number of carbonyl (C=O) groups excluding carboxylic acids is 2. The maximum absolute atomic E-state index is 12.4. The molecule has 0 unspecified atom stereocenters. The van der Waals surface area contributed by atoms with Gasteiger partial charge in [-0.05, 0) is 63.4 Å². The van der Waals surface area contributed by atoms with E-state index in [1.807, 2.05) is 13.0 Å². The first-order valence-corrected chi connectivity index (χ1v) is 10.8. The quantitative estimate of drug-likeness (QED) is 0.629. The number of primary amides is 1. The zero-order chi connectivity index (χ0) is 21.7. The number of anilines is 2. The van der Waals surface area contributed by atoms with Crippen molar-refractivity contribution in [1.82, 2.24) is 4.90 Å². The molecule has 30 heavy (non-hydrogen) atoms. The Balaban J connectivity index is 1.75. The van der Waals surface area contributed by atoms with Gasteiger partial charge in [-0.1, -0.05) is 13.3 Å². The molecule has 8 heteroatoms. The van der Waals surface area contributed by atoms with Gasteiger partial charge in [0.05, 0.1) is 11.3 Å². The molecule has 2 heterocycles. The molecule has 8 nitrogen and oxygen atoms in total. The average Bonchev–Trinajstić information content (AvgIpc) is 2.74. The van der Waals surface area contributed by atoms with Crippen LogP contribution in [0.4, 0.5) is 11.4 Å². The van der Waals surface area contributed by atoms with Crippen molar-refractivity contribution >= 4 is 29.2 Å². The Bertz CT molecular complexity index is 796. The monoisotopic (exact) mass is 416 g/mol. The van der Waals surface area contributed by atoms with Gasteiger partial charge in [0.25, 0.3) is 0 Å². The van der Waals surface area contributed by atoms with Crippen molar-refractivity contribution < 1.29 is 19.5 Å². The highest BCUT2D eigenvalue weighted by Crippen LogP contribution is 2.34. The SMILES string of the molecule is CCCC(=O)Nc1ccc(N2CCC(C(N)=O)(N3CCCCC3)CC2)cc1C(=O)O. The molecule has 3 rings (SSSR count). The standard InChI is InChI=1S/C22H32N4O4/c1-2-6-19(27)24-18-8-7-16(15-17(18)20(28)29)25-13-9-22(10-14-25,21(23)30)26-11-4-3-5-12-26/h7-8,15H,2-6,9-14H2,1H3,(H2,23,30)(H,24,27)(H,28,29). The predicted molar refractivity (Wildman–Crippen MR) is 116 cm³/mol. The molecule has 0 radical (unpaired) electrons. The van der Waals surface area contributed by atoms with E-state index in [1.165, 1.54) is 6.42 Å². The summed E-state index contributed by atoms with van der Waals surface area (Å²) in [6.07, 6.45) is 5.66. The summed E-state index contributed by atoms with van der Waals surface area (Å²) in [6.45, 7) is 4.95. The molecular formula is C22H32N4O4. The number of nitrogens with one attached hydrogen (secondary N) is 1. The van der Waals surface area contributed by atoms with Gasteiger partial charge in [0.1, 0.15) is 5.54 Å². The molecule has 2 aliphatic rings. The van der Waals surface area contributed by atoms with E-state index in [0.29, 0.717) is 44.5 Å². The molecule has 1 aromatic rings. The summed E-state index contributed by atoms with van der Waals surface area (Å²) in [5.41, 5.74) is 6.40. The summed E-state index contributed by atoms with van der Waals surface area (Å²) in [6, 6.07) is 5.07. The number of nitrogens with zero attached hydrogens (tertiary/aromatic N) is 2. The van der Waals surface area contributed by atoms with Crippen molar-refractivity contribution in [2.45, 2.75) is 57.4 Å². The predicted octanol–water partition coefficient (Wildman–Crippen LogP) is 2.43. The third kappa shape index (κ3) is 4.59. The first kappa shape index (κ1) is 22.1. The fourth-order valence-electron chi connectivity index (χ4n) is 4.63. The fraction of sp³-hybridized carbons (Fsp3) is 0.591. The van der Waals surface area contributed by atoms with Crippen molar-refractivity contribution in [2.24, 2.45) is 5.73 Å². The molecule has 0 aliphatic carbocycles. The molecule has 0 aromatic heterocycles. The van der Waals surface area contributed by atoms with Gasteiger partial charge in [-0.25, -0.2) is 4.79 Å². The molecule has 164 valence electrons. The lowest BCUT2D eigenvalue weighted by Gasteiger charge is -2.48. The molecule has 2 aliphatic heterocycles. The fourth-order valence-corrected chi connectivity index (χ4v) is 4.63. The van der Waals surface area contributed by atoms with E-state index in [-0.39, 0.29) is 17.4 Å². The topological polar surface area (TPSA) is 116 Å². The van der Waals surface area contributed by atoms with Crippen LogP contribution in [0.5, 0.6) is 0 Å². The first-order chi connectivity index (χ1) is 14.4. The highest BCUT2D eigenvalue weighted by atomic mass is 16.4. The lowest BCUT2D eigenvalue weighted by molar-refractivity contribution is -0.132. The summed E-state index contributed by atoms with van der Waals surface area (Å²) in [5.74, 6) is -1.54. The molecule has 0 bridgehead atoms. The zero-order valence-corrected chi connectivity index (χ0v) is 17.7. The maximum Gasteiger partial charge on any atom is 0.337 e. The van der Waals surface area contributed by atoms with Crippen LogP contribution in [0, 0.1) is 0 Å².